The van der Waals surface area contributed by atoms with Gasteiger partial charge in [0.2, 0.25) is 0 Å². The fourth-order valence-electron chi connectivity index (χ4n) is 1.58. The Labute approximate surface area is 105 Å². The Balaban J connectivity index is 2.53. The van der Waals surface area contributed by atoms with Crippen molar-refractivity contribution >= 4 is 0 Å². The third kappa shape index (κ3) is 5.05. The molecule has 2 nitrogen and oxygen atoms in total. The van der Waals surface area contributed by atoms with Crippen molar-refractivity contribution in [1.29, 1.82) is 0 Å². The second-order valence-corrected chi connectivity index (χ2v) is 4.44. The first-order valence-corrected chi connectivity index (χ1v) is 6.23. The first kappa shape index (κ1) is 13.8. The molecule has 0 saturated carbocycles. The minimum absolute atomic E-state index is 0.395. The summed E-state index contributed by atoms with van der Waals surface area (Å²) in [4.78, 5) is 0. The van der Waals surface area contributed by atoms with E-state index >= 15 is 0 Å². The molecule has 0 radical (unpaired) electrons. The summed E-state index contributed by atoms with van der Waals surface area (Å²) in [5.74, 6) is 0.926. The Morgan fingerprint density at radius 2 is 1.94 bits per heavy atom. The normalized spacial score (nSPS) is 12.0. The average molecular weight is 233 g/mol. The molecular formula is C15H23NO. The largest absolute Gasteiger partial charge is 0.490 e. The van der Waals surface area contributed by atoms with Crippen LogP contribution in [0.2, 0.25) is 0 Å². The van der Waals surface area contributed by atoms with Gasteiger partial charge in [0, 0.05) is 6.04 Å². The Morgan fingerprint density at radius 1 is 1.29 bits per heavy atom. The molecule has 1 aromatic carbocycles. The minimum atomic E-state index is 0.395. The van der Waals surface area contributed by atoms with Gasteiger partial charge in [-0.1, -0.05) is 24.6 Å². The van der Waals surface area contributed by atoms with Crippen LogP contribution in [0, 0.1) is 0 Å². The van der Waals surface area contributed by atoms with Gasteiger partial charge < -0.3 is 10.1 Å². The maximum Gasteiger partial charge on any atom is 0.119 e. The van der Waals surface area contributed by atoms with Gasteiger partial charge >= 0.3 is 0 Å². The Bertz CT molecular complexity index is 350. The zero-order valence-corrected chi connectivity index (χ0v) is 11.3. The topological polar surface area (TPSA) is 21.3 Å². The predicted molar refractivity (Wildman–Crippen MR) is 73.5 cm³/mol. The van der Waals surface area contributed by atoms with Crippen molar-refractivity contribution in [2.24, 2.45) is 0 Å². The standard InChI is InChI=1S/C15H23NO/c1-5-16-13(4)14-6-8-15(9-7-14)17-11-10-12(2)3/h6-10,13,16H,5,11H2,1-4H3. The van der Waals surface area contributed by atoms with Crippen LogP contribution >= 0.6 is 0 Å². The van der Waals surface area contributed by atoms with Crippen LogP contribution in [0.3, 0.4) is 0 Å². The van der Waals surface area contributed by atoms with E-state index in [-0.39, 0.29) is 0 Å². The number of ether oxygens (including phenoxy) is 1. The molecule has 0 aromatic heterocycles. The van der Waals surface area contributed by atoms with Crippen LogP contribution in [0.15, 0.2) is 35.9 Å². The maximum absolute atomic E-state index is 5.61. The number of hydrogen-bond donors (Lipinski definition) is 1. The summed E-state index contributed by atoms with van der Waals surface area (Å²) in [5.41, 5.74) is 2.57. The molecular weight excluding hydrogens is 210 g/mol. The molecule has 94 valence electrons. The molecule has 0 bridgehead atoms. The fourth-order valence-corrected chi connectivity index (χ4v) is 1.58. The van der Waals surface area contributed by atoms with Gasteiger partial charge in [0.1, 0.15) is 12.4 Å². The highest BCUT2D eigenvalue weighted by Gasteiger charge is 2.02. The highest BCUT2D eigenvalue weighted by atomic mass is 16.5. The molecule has 0 spiro atoms. The van der Waals surface area contributed by atoms with Crippen molar-refractivity contribution in [2.75, 3.05) is 13.2 Å². The van der Waals surface area contributed by atoms with E-state index in [9.17, 15) is 0 Å². The van der Waals surface area contributed by atoms with Gasteiger partial charge in [-0.2, -0.15) is 0 Å². The van der Waals surface area contributed by atoms with E-state index in [0.717, 1.165) is 12.3 Å². The molecule has 17 heavy (non-hydrogen) atoms. The van der Waals surface area contributed by atoms with Crippen LogP contribution in [0.5, 0.6) is 5.75 Å². The molecule has 0 fully saturated rings. The van der Waals surface area contributed by atoms with E-state index in [2.05, 4.69) is 51.2 Å². The third-order valence-electron chi connectivity index (χ3n) is 2.63. The monoisotopic (exact) mass is 233 g/mol. The Morgan fingerprint density at radius 3 is 2.47 bits per heavy atom. The van der Waals surface area contributed by atoms with Crippen molar-refractivity contribution in [3.05, 3.63) is 41.5 Å². The molecule has 1 rings (SSSR count). The second kappa shape index (κ2) is 7.13. The lowest BCUT2D eigenvalue weighted by molar-refractivity contribution is 0.361. The smallest absolute Gasteiger partial charge is 0.119 e. The van der Waals surface area contributed by atoms with Crippen molar-refractivity contribution in [3.63, 3.8) is 0 Å². The van der Waals surface area contributed by atoms with Gasteiger partial charge in [0.05, 0.1) is 0 Å². The molecule has 0 aliphatic heterocycles. The van der Waals surface area contributed by atoms with Gasteiger partial charge in [-0.25, -0.2) is 0 Å². The van der Waals surface area contributed by atoms with Crippen LogP contribution in [0.4, 0.5) is 0 Å². The Hall–Kier alpha value is -1.28. The highest BCUT2D eigenvalue weighted by molar-refractivity contribution is 5.29. The molecule has 2 heteroatoms. The number of benzene rings is 1. The first-order valence-electron chi connectivity index (χ1n) is 6.23. The summed E-state index contributed by atoms with van der Waals surface area (Å²) in [7, 11) is 0. The number of rotatable bonds is 6. The van der Waals surface area contributed by atoms with Crippen molar-refractivity contribution in [3.8, 4) is 5.75 Å². The van der Waals surface area contributed by atoms with E-state index in [0.29, 0.717) is 12.6 Å². The number of nitrogens with one attached hydrogen (secondary N) is 1. The predicted octanol–water partition coefficient (Wildman–Crippen LogP) is 3.70. The zero-order valence-electron chi connectivity index (χ0n) is 11.3. The van der Waals surface area contributed by atoms with Gasteiger partial charge in [-0.3, -0.25) is 0 Å². The fraction of sp³-hybridized carbons (Fsp3) is 0.467. The average Bonchev–Trinajstić information content (AvgIpc) is 2.30. The lowest BCUT2D eigenvalue weighted by Gasteiger charge is -2.13. The molecule has 1 N–H and O–H groups in total. The number of hydrogen-bond acceptors (Lipinski definition) is 2. The lowest BCUT2D eigenvalue weighted by Crippen LogP contribution is -2.17. The third-order valence-corrected chi connectivity index (χ3v) is 2.63. The van der Waals surface area contributed by atoms with Gasteiger partial charge in [-0.05, 0) is 51.1 Å². The molecule has 0 saturated heterocycles. The van der Waals surface area contributed by atoms with E-state index < -0.39 is 0 Å². The summed E-state index contributed by atoms with van der Waals surface area (Å²) < 4.78 is 5.61. The van der Waals surface area contributed by atoms with Crippen LogP contribution in [-0.2, 0) is 0 Å². The van der Waals surface area contributed by atoms with Crippen molar-refractivity contribution < 1.29 is 4.74 Å². The Kier molecular flexibility index (Phi) is 5.78. The van der Waals surface area contributed by atoms with E-state index in [1.807, 2.05) is 12.1 Å². The molecule has 0 aliphatic rings. The van der Waals surface area contributed by atoms with E-state index in [1.165, 1.54) is 11.1 Å². The quantitative estimate of drug-likeness (QED) is 0.756. The SMILES string of the molecule is CCNC(C)c1ccc(OCC=C(C)C)cc1. The highest BCUT2D eigenvalue weighted by Crippen LogP contribution is 2.17. The maximum atomic E-state index is 5.61. The first-order chi connectivity index (χ1) is 8.13. The van der Waals surface area contributed by atoms with E-state index in [1.54, 1.807) is 0 Å². The molecule has 0 aliphatic carbocycles. The lowest BCUT2D eigenvalue weighted by atomic mass is 10.1. The van der Waals surface area contributed by atoms with Crippen molar-refractivity contribution in [2.45, 2.75) is 33.7 Å². The molecule has 0 amide bonds. The van der Waals surface area contributed by atoms with Gasteiger partial charge in [0.15, 0.2) is 0 Å². The minimum Gasteiger partial charge on any atom is -0.490 e. The second-order valence-electron chi connectivity index (χ2n) is 4.44. The number of allylic oxidation sites excluding steroid dienone is 1. The van der Waals surface area contributed by atoms with Crippen LogP contribution in [-0.4, -0.2) is 13.2 Å². The molecule has 0 heterocycles. The van der Waals surface area contributed by atoms with Gasteiger partial charge in [0.25, 0.3) is 0 Å². The zero-order chi connectivity index (χ0) is 12.7. The molecule has 1 atom stereocenters. The van der Waals surface area contributed by atoms with Crippen LogP contribution in [0.25, 0.3) is 0 Å². The summed E-state index contributed by atoms with van der Waals surface area (Å²) >= 11 is 0. The summed E-state index contributed by atoms with van der Waals surface area (Å²) in [6.45, 7) is 10.1. The van der Waals surface area contributed by atoms with Gasteiger partial charge in [-0.15, -0.1) is 0 Å². The van der Waals surface area contributed by atoms with E-state index in [4.69, 9.17) is 4.74 Å². The van der Waals surface area contributed by atoms with Crippen molar-refractivity contribution in [1.82, 2.24) is 5.32 Å². The summed E-state index contributed by atoms with van der Waals surface area (Å²) in [6, 6.07) is 8.69. The summed E-state index contributed by atoms with van der Waals surface area (Å²) in [5, 5.41) is 3.39. The molecule has 1 aromatic rings. The molecule has 1 unspecified atom stereocenters. The van der Waals surface area contributed by atoms with Crippen LogP contribution < -0.4 is 10.1 Å². The van der Waals surface area contributed by atoms with Crippen LogP contribution in [0.1, 0.15) is 39.3 Å². The summed E-state index contributed by atoms with van der Waals surface area (Å²) in [6.07, 6.45) is 2.08.